The van der Waals surface area contributed by atoms with Crippen LogP contribution < -0.4 is 5.32 Å². The zero-order valence-corrected chi connectivity index (χ0v) is 12.6. The van der Waals surface area contributed by atoms with Gasteiger partial charge in [-0.1, -0.05) is 6.92 Å². The van der Waals surface area contributed by atoms with Crippen molar-refractivity contribution < 1.29 is 8.42 Å². The Morgan fingerprint density at radius 2 is 1.84 bits per heavy atom. The van der Waals surface area contributed by atoms with Crippen LogP contribution in [0.4, 0.5) is 5.69 Å². The molecule has 102 valence electrons. The van der Waals surface area contributed by atoms with Gasteiger partial charge in [-0.25, -0.2) is 8.42 Å². The molecule has 1 N–H and O–H groups in total. The number of hydrogen-bond acceptors (Lipinski definition) is 4. The molecule has 0 saturated carbocycles. The van der Waals surface area contributed by atoms with Gasteiger partial charge in [0.1, 0.15) is 0 Å². The topological polar surface area (TPSA) is 46.2 Å². The lowest BCUT2D eigenvalue weighted by Crippen LogP contribution is -2.04. The molecule has 1 aromatic carbocycles. The lowest BCUT2D eigenvalue weighted by molar-refractivity contribution is 0.597. The third-order valence-corrected chi connectivity index (χ3v) is 5.70. The molecule has 5 heteroatoms. The van der Waals surface area contributed by atoms with Crippen molar-refractivity contribution in [1.82, 2.24) is 0 Å². The van der Waals surface area contributed by atoms with E-state index < -0.39 is 9.84 Å². The summed E-state index contributed by atoms with van der Waals surface area (Å²) in [5.41, 5.74) is 3.48. The first-order chi connectivity index (χ1) is 9.03. The number of nitrogens with one attached hydrogen (secondary N) is 1. The molecular weight excluding hydrogens is 278 g/mol. The van der Waals surface area contributed by atoms with E-state index in [0.717, 1.165) is 12.2 Å². The average Bonchev–Trinajstić information content (AvgIpc) is 2.82. The van der Waals surface area contributed by atoms with Crippen LogP contribution in [0.15, 0.2) is 39.9 Å². The van der Waals surface area contributed by atoms with E-state index >= 15 is 0 Å². The molecular formula is C14H17NO2S2. The molecule has 1 aromatic heterocycles. The summed E-state index contributed by atoms with van der Waals surface area (Å²) in [4.78, 5) is 0.382. The molecule has 0 aliphatic carbocycles. The largest absolute Gasteiger partial charge is 0.381 e. The van der Waals surface area contributed by atoms with E-state index in [1.165, 1.54) is 11.1 Å². The van der Waals surface area contributed by atoms with E-state index in [9.17, 15) is 8.42 Å². The maximum absolute atomic E-state index is 11.7. The van der Waals surface area contributed by atoms with Crippen LogP contribution in [-0.2, 0) is 16.4 Å². The summed E-state index contributed by atoms with van der Waals surface area (Å²) < 4.78 is 23.4. The van der Waals surface area contributed by atoms with Crippen molar-refractivity contribution >= 4 is 26.9 Å². The summed E-state index contributed by atoms with van der Waals surface area (Å²) in [6.45, 7) is 4.50. The van der Waals surface area contributed by atoms with Crippen LogP contribution in [0.1, 0.15) is 18.1 Å². The van der Waals surface area contributed by atoms with Gasteiger partial charge in [0.05, 0.1) is 10.6 Å². The van der Waals surface area contributed by atoms with Gasteiger partial charge in [0.2, 0.25) is 0 Å². The summed E-state index contributed by atoms with van der Waals surface area (Å²) in [5.74, 6) is 0.133. The van der Waals surface area contributed by atoms with E-state index in [-0.39, 0.29) is 5.75 Å². The molecule has 0 atom stereocenters. The molecule has 0 radical (unpaired) electrons. The number of benzene rings is 1. The molecule has 0 aliphatic rings. The van der Waals surface area contributed by atoms with Crippen molar-refractivity contribution in [2.45, 2.75) is 25.3 Å². The molecule has 0 fully saturated rings. The number of aryl methyl sites for hydroxylation is 1. The lowest BCUT2D eigenvalue weighted by atomic mass is 10.2. The molecule has 19 heavy (non-hydrogen) atoms. The van der Waals surface area contributed by atoms with E-state index in [1.807, 2.05) is 12.1 Å². The Balaban J connectivity index is 2.06. The molecule has 0 spiro atoms. The van der Waals surface area contributed by atoms with Crippen molar-refractivity contribution in [2.24, 2.45) is 0 Å². The minimum Gasteiger partial charge on any atom is -0.381 e. The quantitative estimate of drug-likeness (QED) is 0.919. The Labute approximate surface area is 118 Å². The van der Waals surface area contributed by atoms with Crippen LogP contribution in [0.25, 0.3) is 0 Å². The third-order valence-electron chi connectivity index (χ3n) is 3.04. The summed E-state index contributed by atoms with van der Waals surface area (Å²) >= 11 is 1.69. The predicted octanol–water partition coefficient (Wildman–Crippen LogP) is 3.46. The zero-order valence-electron chi connectivity index (χ0n) is 11.0. The first-order valence-electron chi connectivity index (χ1n) is 6.11. The van der Waals surface area contributed by atoms with Gasteiger partial charge in [0, 0.05) is 12.2 Å². The Bertz CT molecular complexity index is 642. The zero-order chi connectivity index (χ0) is 13.9. The fourth-order valence-electron chi connectivity index (χ4n) is 1.71. The molecule has 3 nitrogen and oxygen atoms in total. The first kappa shape index (κ1) is 14.1. The Morgan fingerprint density at radius 3 is 2.37 bits per heavy atom. The summed E-state index contributed by atoms with van der Waals surface area (Å²) in [7, 11) is -3.11. The third kappa shape index (κ3) is 3.36. The van der Waals surface area contributed by atoms with Gasteiger partial charge in [-0.15, -0.1) is 0 Å². The molecule has 0 saturated heterocycles. The van der Waals surface area contributed by atoms with Crippen LogP contribution >= 0.6 is 11.3 Å². The second-order valence-corrected chi connectivity index (χ2v) is 7.38. The van der Waals surface area contributed by atoms with Gasteiger partial charge in [-0.2, -0.15) is 11.3 Å². The molecule has 2 rings (SSSR count). The molecule has 0 bridgehead atoms. The fourth-order valence-corrected chi connectivity index (χ4v) is 3.45. The second-order valence-electron chi connectivity index (χ2n) is 4.36. The van der Waals surface area contributed by atoms with E-state index in [0.29, 0.717) is 4.90 Å². The highest BCUT2D eigenvalue weighted by Crippen LogP contribution is 2.18. The lowest BCUT2D eigenvalue weighted by Gasteiger charge is -2.07. The summed E-state index contributed by atoms with van der Waals surface area (Å²) in [6, 6.07) is 6.93. The monoisotopic (exact) mass is 295 g/mol. The van der Waals surface area contributed by atoms with Gasteiger partial charge in [-0.3, -0.25) is 0 Å². The van der Waals surface area contributed by atoms with E-state index in [1.54, 1.807) is 30.4 Å². The number of anilines is 1. The molecule has 2 aromatic rings. The van der Waals surface area contributed by atoms with Gasteiger partial charge < -0.3 is 5.32 Å². The standard InChI is InChI=1S/C14H17NO2S2/c1-3-19(16,17)14-6-4-13(5-7-14)15-8-12-10-18-9-11(12)2/h4-7,9-10,15H,3,8H2,1-2H3. The van der Waals surface area contributed by atoms with Gasteiger partial charge in [0.25, 0.3) is 0 Å². The van der Waals surface area contributed by atoms with Crippen molar-refractivity contribution in [2.75, 3.05) is 11.1 Å². The molecule has 0 amide bonds. The highest BCUT2D eigenvalue weighted by atomic mass is 32.2. The van der Waals surface area contributed by atoms with Crippen LogP contribution in [-0.4, -0.2) is 14.2 Å². The van der Waals surface area contributed by atoms with Gasteiger partial charge >= 0.3 is 0 Å². The van der Waals surface area contributed by atoms with Crippen LogP contribution in [0.2, 0.25) is 0 Å². The normalized spacial score (nSPS) is 11.5. The Hall–Kier alpha value is -1.33. The molecule has 0 aliphatic heterocycles. The smallest absolute Gasteiger partial charge is 0.178 e. The first-order valence-corrected chi connectivity index (χ1v) is 8.71. The van der Waals surface area contributed by atoms with E-state index in [4.69, 9.17) is 0 Å². The summed E-state index contributed by atoms with van der Waals surface area (Å²) in [6.07, 6.45) is 0. The van der Waals surface area contributed by atoms with Crippen molar-refractivity contribution in [3.05, 3.63) is 46.2 Å². The Morgan fingerprint density at radius 1 is 1.16 bits per heavy atom. The number of thiophene rings is 1. The Kier molecular flexibility index (Phi) is 4.27. The number of sulfone groups is 1. The SMILES string of the molecule is CCS(=O)(=O)c1ccc(NCc2cscc2C)cc1. The van der Waals surface area contributed by atoms with Crippen molar-refractivity contribution in [1.29, 1.82) is 0 Å². The van der Waals surface area contributed by atoms with Crippen LogP contribution in [0.5, 0.6) is 0 Å². The maximum atomic E-state index is 11.7. The second kappa shape index (κ2) is 5.75. The number of rotatable bonds is 5. The minimum atomic E-state index is -3.11. The fraction of sp³-hybridized carbons (Fsp3) is 0.286. The molecule has 0 unspecified atom stereocenters. The maximum Gasteiger partial charge on any atom is 0.178 e. The van der Waals surface area contributed by atoms with Crippen LogP contribution in [0.3, 0.4) is 0 Å². The average molecular weight is 295 g/mol. The van der Waals surface area contributed by atoms with Gasteiger partial charge in [-0.05, 0) is 53.1 Å². The predicted molar refractivity (Wildman–Crippen MR) is 80.6 cm³/mol. The van der Waals surface area contributed by atoms with Crippen molar-refractivity contribution in [3.63, 3.8) is 0 Å². The highest BCUT2D eigenvalue weighted by Gasteiger charge is 2.10. The highest BCUT2D eigenvalue weighted by molar-refractivity contribution is 7.91. The number of hydrogen-bond donors (Lipinski definition) is 1. The van der Waals surface area contributed by atoms with E-state index in [2.05, 4.69) is 23.0 Å². The van der Waals surface area contributed by atoms with Crippen molar-refractivity contribution in [3.8, 4) is 0 Å². The van der Waals surface area contributed by atoms with Crippen LogP contribution in [0, 0.1) is 6.92 Å². The molecule has 1 heterocycles. The van der Waals surface area contributed by atoms with Gasteiger partial charge in [0.15, 0.2) is 9.84 Å². The summed E-state index contributed by atoms with van der Waals surface area (Å²) in [5, 5.41) is 7.54. The minimum absolute atomic E-state index is 0.133.